The van der Waals surface area contributed by atoms with Gasteiger partial charge in [0.25, 0.3) is 0 Å². The third kappa shape index (κ3) is 2.33. The van der Waals surface area contributed by atoms with Gasteiger partial charge >= 0.3 is 0 Å². The lowest BCUT2D eigenvalue weighted by Crippen LogP contribution is -2.20. The number of anilines is 2. The summed E-state index contributed by atoms with van der Waals surface area (Å²) in [7, 11) is 0. The summed E-state index contributed by atoms with van der Waals surface area (Å²) >= 11 is 0. The molecule has 0 saturated carbocycles. The topological polar surface area (TPSA) is 102 Å². The van der Waals surface area contributed by atoms with Crippen LogP contribution in [0.2, 0.25) is 0 Å². The lowest BCUT2D eigenvalue weighted by molar-refractivity contribution is -0.117. The maximum Gasteiger partial charge on any atom is 0.247 e. The van der Waals surface area contributed by atoms with Crippen molar-refractivity contribution in [3.05, 3.63) is 36.2 Å². The molecule has 0 bridgehead atoms. The Morgan fingerprint density at radius 3 is 3.10 bits per heavy atom. The molecule has 0 radical (unpaired) electrons. The highest BCUT2D eigenvalue weighted by Gasteiger charge is 2.09. The second kappa shape index (κ2) is 4.69. The van der Waals surface area contributed by atoms with E-state index in [0.717, 1.165) is 22.3 Å². The first-order chi connectivity index (χ1) is 9.61. The summed E-state index contributed by atoms with van der Waals surface area (Å²) in [6, 6.07) is 7.71. The van der Waals surface area contributed by atoms with Crippen LogP contribution in [-0.4, -0.2) is 25.9 Å². The fourth-order valence-electron chi connectivity index (χ4n) is 2.11. The Morgan fingerprint density at radius 1 is 1.50 bits per heavy atom. The summed E-state index contributed by atoms with van der Waals surface area (Å²) in [6.07, 6.45) is 1.41. The number of nitrogen functional groups attached to an aromatic ring is 1. The monoisotopic (exact) mass is 270 g/mol. The molecule has 3 aromatic rings. The Balaban J connectivity index is 1.80. The van der Waals surface area contributed by atoms with E-state index in [4.69, 9.17) is 5.73 Å². The van der Waals surface area contributed by atoms with Gasteiger partial charge < -0.3 is 16.0 Å². The van der Waals surface area contributed by atoms with Crippen molar-refractivity contribution >= 4 is 28.3 Å². The maximum absolute atomic E-state index is 12.0. The first-order valence-electron chi connectivity index (χ1n) is 6.15. The van der Waals surface area contributed by atoms with Crippen molar-refractivity contribution in [2.45, 2.75) is 13.5 Å². The lowest BCUT2D eigenvalue weighted by atomic mass is 10.2. The Morgan fingerprint density at radius 2 is 2.35 bits per heavy atom. The van der Waals surface area contributed by atoms with E-state index in [1.54, 1.807) is 0 Å². The van der Waals surface area contributed by atoms with Gasteiger partial charge in [0.2, 0.25) is 5.91 Å². The minimum Gasteiger partial charge on any atom is -0.381 e. The number of aromatic amines is 1. The molecular weight excluding hydrogens is 256 g/mol. The molecule has 7 nitrogen and oxygen atoms in total. The number of fused-ring (bicyclic) bond motifs is 1. The van der Waals surface area contributed by atoms with Crippen LogP contribution < -0.4 is 11.1 Å². The van der Waals surface area contributed by atoms with E-state index in [-0.39, 0.29) is 12.5 Å². The SMILES string of the molecule is Cc1cc2c(NC(=O)Cn3ncc(N)n3)cccc2[nH]1. The standard InChI is InChI=1S/C13H14N6O/c1-8-5-9-10(16-8)3-2-4-11(9)17-13(20)7-19-15-6-12(14)18-19/h2-6,16H,7H2,1H3,(H2,14,18)(H,17,20). The minimum absolute atomic E-state index is 0.0248. The van der Waals surface area contributed by atoms with E-state index in [1.807, 2.05) is 31.2 Å². The van der Waals surface area contributed by atoms with E-state index in [0.29, 0.717) is 5.82 Å². The predicted molar refractivity (Wildman–Crippen MR) is 76.1 cm³/mol. The van der Waals surface area contributed by atoms with Crippen LogP contribution in [0.3, 0.4) is 0 Å². The van der Waals surface area contributed by atoms with E-state index < -0.39 is 0 Å². The maximum atomic E-state index is 12.0. The van der Waals surface area contributed by atoms with Crippen LogP contribution in [0.1, 0.15) is 5.69 Å². The van der Waals surface area contributed by atoms with Gasteiger partial charge in [0.1, 0.15) is 6.54 Å². The van der Waals surface area contributed by atoms with Gasteiger partial charge in [0.15, 0.2) is 5.82 Å². The van der Waals surface area contributed by atoms with E-state index in [2.05, 4.69) is 20.5 Å². The summed E-state index contributed by atoms with van der Waals surface area (Å²) in [5, 5.41) is 11.6. The van der Waals surface area contributed by atoms with Crippen LogP contribution in [0.5, 0.6) is 0 Å². The molecule has 1 aromatic carbocycles. The van der Waals surface area contributed by atoms with Gasteiger partial charge in [0.05, 0.1) is 11.9 Å². The summed E-state index contributed by atoms with van der Waals surface area (Å²) < 4.78 is 0. The molecule has 1 amide bonds. The molecule has 2 heterocycles. The summed E-state index contributed by atoms with van der Waals surface area (Å²) in [5.74, 6) is 0.0908. The average Bonchev–Trinajstić information content (AvgIpc) is 2.95. The fourth-order valence-corrected chi connectivity index (χ4v) is 2.11. The Hall–Kier alpha value is -2.83. The van der Waals surface area contributed by atoms with Gasteiger partial charge in [-0.3, -0.25) is 4.79 Å². The molecule has 0 spiro atoms. The van der Waals surface area contributed by atoms with E-state index in [1.165, 1.54) is 11.0 Å². The lowest BCUT2D eigenvalue weighted by Gasteiger charge is -2.06. The summed E-state index contributed by atoms with van der Waals surface area (Å²) in [6.45, 7) is 2.00. The molecule has 0 aliphatic carbocycles. The second-order valence-electron chi connectivity index (χ2n) is 4.57. The van der Waals surface area contributed by atoms with Crippen molar-refractivity contribution in [2.24, 2.45) is 0 Å². The van der Waals surface area contributed by atoms with Crippen LogP contribution in [0.25, 0.3) is 10.9 Å². The predicted octanol–water partition coefficient (Wildman–Crippen LogP) is 1.29. The van der Waals surface area contributed by atoms with Crippen LogP contribution in [0, 0.1) is 6.92 Å². The van der Waals surface area contributed by atoms with Crippen molar-refractivity contribution in [1.29, 1.82) is 0 Å². The molecule has 2 aromatic heterocycles. The largest absolute Gasteiger partial charge is 0.381 e. The van der Waals surface area contributed by atoms with Crippen molar-refractivity contribution in [3.63, 3.8) is 0 Å². The first-order valence-corrected chi connectivity index (χ1v) is 6.15. The summed E-state index contributed by atoms with van der Waals surface area (Å²) in [5.41, 5.74) is 8.25. The van der Waals surface area contributed by atoms with Crippen LogP contribution in [0.4, 0.5) is 11.5 Å². The number of nitrogens with two attached hydrogens (primary N) is 1. The highest BCUT2D eigenvalue weighted by Crippen LogP contribution is 2.23. The molecule has 0 fully saturated rings. The number of aromatic nitrogens is 4. The van der Waals surface area contributed by atoms with Gasteiger partial charge in [-0.15, -0.1) is 5.10 Å². The molecule has 0 unspecified atom stereocenters. The molecule has 20 heavy (non-hydrogen) atoms. The average molecular weight is 270 g/mol. The molecule has 102 valence electrons. The summed E-state index contributed by atoms with van der Waals surface area (Å²) in [4.78, 5) is 16.5. The fraction of sp³-hybridized carbons (Fsp3) is 0.154. The number of H-pyrrole nitrogens is 1. The van der Waals surface area contributed by atoms with Gasteiger partial charge in [-0.1, -0.05) is 6.07 Å². The van der Waals surface area contributed by atoms with E-state index >= 15 is 0 Å². The van der Waals surface area contributed by atoms with Crippen molar-refractivity contribution < 1.29 is 4.79 Å². The highest BCUT2D eigenvalue weighted by atomic mass is 16.2. The number of hydrogen-bond acceptors (Lipinski definition) is 4. The van der Waals surface area contributed by atoms with Gasteiger partial charge in [-0.05, 0) is 25.1 Å². The van der Waals surface area contributed by atoms with Crippen molar-refractivity contribution in [1.82, 2.24) is 20.0 Å². The molecular formula is C13H14N6O. The number of rotatable bonds is 3. The number of nitrogens with zero attached hydrogens (tertiary/aromatic N) is 3. The zero-order valence-corrected chi connectivity index (χ0v) is 10.9. The highest BCUT2D eigenvalue weighted by molar-refractivity contribution is 6.01. The van der Waals surface area contributed by atoms with Gasteiger partial charge in [-0.25, -0.2) is 0 Å². The first kappa shape index (κ1) is 12.2. The molecule has 4 N–H and O–H groups in total. The van der Waals surface area contributed by atoms with Gasteiger partial charge in [0, 0.05) is 16.6 Å². The zero-order chi connectivity index (χ0) is 14.1. The number of nitrogens with one attached hydrogen (secondary N) is 2. The zero-order valence-electron chi connectivity index (χ0n) is 10.9. The van der Waals surface area contributed by atoms with Crippen LogP contribution in [-0.2, 0) is 11.3 Å². The third-order valence-corrected chi connectivity index (χ3v) is 2.91. The normalized spacial score (nSPS) is 10.8. The second-order valence-corrected chi connectivity index (χ2v) is 4.57. The van der Waals surface area contributed by atoms with Crippen molar-refractivity contribution in [2.75, 3.05) is 11.1 Å². The van der Waals surface area contributed by atoms with Crippen LogP contribution in [0.15, 0.2) is 30.5 Å². The Kier molecular flexibility index (Phi) is 2.86. The molecule has 7 heteroatoms. The number of carbonyl (C=O) groups excluding carboxylic acids is 1. The number of benzene rings is 1. The smallest absolute Gasteiger partial charge is 0.247 e. The Bertz CT molecular complexity index is 772. The molecule has 3 rings (SSSR count). The molecule has 0 saturated heterocycles. The van der Waals surface area contributed by atoms with Crippen LogP contribution >= 0.6 is 0 Å². The third-order valence-electron chi connectivity index (χ3n) is 2.91. The number of amides is 1. The number of hydrogen-bond donors (Lipinski definition) is 3. The van der Waals surface area contributed by atoms with Gasteiger partial charge in [-0.2, -0.15) is 9.90 Å². The minimum atomic E-state index is -0.202. The van der Waals surface area contributed by atoms with E-state index in [9.17, 15) is 4.79 Å². The number of aryl methyl sites for hydroxylation is 1. The number of carbonyl (C=O) groups is 1. The molecule has 0 aliphatic rings. The molecule has 0 aliphatic heterocycles. The van der Waals surface area contributed by atoms with Crippen molar-refractivity contribution in [3.8, 4) is 0 Å². The molecule has 0 atom stereocenters. The Labute approximate surface area is 114 Å². The quantitative estimate of drug-likeness (QED) is 0.667.